The fraction of sp³-hybridized carbons (Fsp3) is 0.389. The van der Waals surface area contributed by atoms with Crippen LogP contribution in [0.4, 0.5) is 0 Å². The normalized spacial score (nSPS) is 6.47. The van der Waals surface area contributed by atoms with Crippen molar-refractivity contribution in [1.82, 2.24) is 0 Å². The van der Waals surface area contributed by atoms with Gasteiger partial charge in [0, 0.05) is 0 Å². The van der Waals surface area contributed by atoms with Gasteiger partial charge >= 0.3 is 0 Å². The number of benzene rings is 1. The van der Waals surface area contributed by atoms with E-state index < -0.39 is 0 Å². The van der Waals surface area contributed by atoms with Gasteiger partial charge in [-0.25, -0.2) is 0 Å². The number of hydrogen-bond donors (Lipinski definition) is 0. The predicted octanol–water partition coefficient (Wildman–Crippen LogP) is 11.9. The minimum absolute atomic E-state index is 0.918. The topological polar surface area (TPSA) is 0 Å². The zero-order valence-electron chi connectivity index (χ0n) is 27.1. The summed E-state index contributed by atoms with van der Waals surface area (Å²) in [5.74, 6) is 0. The highest BCUT2D eigenvalue weighted by Crippen LogP contribution is 2.10. The zero-order chi connectivity index (χ0) is 31.1. The maximum atomic E-state index is 4.13. The summed E-state index contributed by atoms with van der Waals surface area (Å²) in [7, 11) is 0. The van der Waals surface area contributed by atoms with Gasteiger partial charge < -0.3 is 0 Å². The Morgan fingerprint density at radius 2 is 0.639 bits per heavy atom. The van der Waals surface area contributed by atoms with Crippen LogP contribution in [0, 0.1) is 0 Å². The van der Waals surface area contributed by atoms with Crippen LogP contribution in [0.15, 0.2) is 70.4 Å². The first-order valence-corrected chi connectivity index (χ1v) is 13.7. The molecule has 1 aromatic rings. The second-order valence-corrected chi connectivity index (χ2v) is 4.59. The van der Waals surface area contributed by atoms with Crippen LogP contribution in [0.25, 0.3) is 31.4 Å². The first kappa shape index (κ1) is 54.2. The molecule has 0 aliphatic rings. The van der Waals surface area contributed by atoms with Crippen molar-refractivity contribution >= 4 is 31.4 Å². The Morgan fingerprint density at radius 1 is 0.417 bits per heavy atom. The van der Waals surface area contributed by atoms with E-state index in [-0.39, 0.29) is 0 Å². The largest absolute Gasteiger partial charge is 0.0991 e. The molecule has 0 fully saturated rings. The quantitative estimate of drug-likeness (QED) is 0.342. The molecule has 0 aliphatic carbocycles. The molecule has 0 unspecified atom stereocenters. The molecule has 0 aliphatic heterocycles. The van der Waals surface area contributed by atoms with Crippen molar-refractivity contribution in [3.05, 3.63) is 103 Å². The third-order valence-corrected chi connectivity index (χ3v) is 3.25. The molecule has 36 heavy (non-hydrogen) atoms. The van der Waals surface area contributed by atoms with Gasteiger partial charge in [0.1, 0.15) is 0 Å². The molecule has 1 aromatic carbocycles. The lowest BCUT2D eigenvalue weighted by Gasteiger charge is -2.12. The number of rotatable bonds is 6. The molecule has 0 radical (unpaired) electrons. The van der Waals surface area contributed by atoms with E-state index in [2.05, 4.69) is 66.1 Å². The van der Waals surface area contributed by atoms with Gasteiger partial charge in [-0.05, 0) is 39.1 Å². The summed E-state index contributed by atoms with van der Waals surface area (Å²) in [5, 5.41) is 1.97. The van der Waals surface area contributed by atoms with Crippen LogP contribution in [0.2, 0.25) is 0 Å². The standard InChI is InChI=1S/C16H18.2C4H6.6C2H6/c1-7-13-11(5)15(9-3)16(10-4)12(6)14(13)8-2;2*1-3-4-2;6*1-2/h7-9H,1-3,5-6,10H2,4H3;2*3-4H,1-2H2;6*1-2H3. The minimum Gasteiger partial charge on any atom is -0.0991 e. The second-order valence-electron chi connectivity index (χ2n) is 4.59. The number of allylic oxidation sites excluding steroid dienone is 4. The van der Waals surface area contributed by atoms with E-state index in [1.807, 2.05) is 95.2 Å². The highest BCUT2D eigenvalue weighted by molar-refractivity contribution is 5.71. The molecule has 0 atom stereocenters. The van der Waals surface area contributed by atoms with E-state index in [0.29, 0.717) is 0 Å². The van der Waals surface area contributed by atoms with Gasteiger partial charge in [0.05, 0.1) is 0 Å². The van der Waals surface area contributed by atoms with Crippen LogP contribution >= 0.6 is 0 Å². The van der Waals surface area contributed by atoms with Gasteiger partial charge in [0.25, 0.3) is 0 Å². The summed E-state index contributed by atoms with van der Waals surface area (Å²) in [6.07, 6.45) is 12.9. The molecule has 0 bridgehead atoms. The Hall–Kier alpha value is -2.86. The van der Waals surface area contributed by atoms with Crippen LogP contribution in [0.1, 0.15) is 112 Å². The number of hydrogen-bond acceptors (Lipinski definition) is 0. The molecule has 0 spiro atoms. The fourth-order valence-corrected chi connectivity index (χ4v) is 2.09. The lowest BCUT2D eigenvalue weighted by molar-refractivity contribution is 1.11. The van der Waals surface area contributed by atoms with Crippen LogP contribution in [-0.4, -0.2) is 0 Å². The van der Waals surface area contributed by atoms with Crippen molar-refractivity contribution < 1.29 is 0 Å². The Kier molecular flexibility index (Phi) is 87.6. The molecular formula is C36H66. The van der Waals surface area contributed by atoms with Crippen molar-refractivity contribution in [2.75, 3.05) is 0 Å². The van der Waals surface area contributed by atoms with Crippen molar-refractivity contribution in [2.24, 2.45) is 0 Å². The first-order valence-electron chi connectivity index (χ1n) is 13.7. The average molecular weight is 499 g/mol. The molecule has 0 N–H and O–H groups in total. The highest BCUT2D eigenvalue weighted by Gasteiger charge is 2.08. The smallest absolute Gasteiger partial charge is 0.0111 e. The molecule has 0 heterocycles. The van der Waals surface area contributed by atoms with Gasteiger partial charge in [-0.15, -0.1) is 0 Å². The molecule has 0 saturated carbocycles. The van der Waals surface area contributed by atoms with E-state index in [0.717, 1.165) is 33.5 Å². The average Bonchev–Trinajstić information content (AvgIpc) is 2.99. The Bertz CT molecular complexity index is 688. The van der Waals surface area contributed by atoms with E-state index in [1.54, 1.807) is 30.4 Å². The van der Waals surface area contributed by atoms with Crippen LogP contribution in [0.5, 0.6) is 0 Å². The summed E-state index contributed by atoms with van der Waals surface area (Å²) >= 11 is 0. The van der Waals surface area contributed by atoms with Gasteiger partial charge in [0.15, 0.2) is 0 Å². The fourth-order valence-electron chi connectivity index (χ4n) is 2.09. The van der Waals surface area contributed by atoms with Crippen LogP contribution in [0.3, 0.4) is 0 Å². The Morgan fingerprint density at radius 3 is 0.806 bits per heavy atom. The maximum absolute atomic E-state index is 4.13. The van der Waals surface area contributed by atoms with Gasteiger partial charge in [-0.3, -0.25) is 0 Å². The summed E-state index contributed by atoms with van der Waals surface area (Å²) in [6.45, 7) is 59.3. The third kappa shape index (κ3) is 29.2. The van der Waals surface area contributed by atoms with E-state index in [1.165, 1.54) is 5.56 Å². The molecule has 0 amide bonds. The summed E-state index contributed by atoms with van der Waals surface area (Å²) in [6, 6.07) is 0. The molecule has 1 rings (SSSR count). The minimum atomic E-state index is 0.918. The molecule has 0 aromatic heterocycles. The zero-order valence-corrected chi connectivity index (χ0v) is 27.1. The van der Waals surface area contributed by atoms with Crippen LogP contribution < -0.4 is 10.4 Å². The van der Waals surface area contributed by atoms with Crippen molar-refractivity contribution in [1.29, 1.82) is 0 Å². The van der Waals surface area contributed by atoms with Crippen molar-refractivity contribution in [3.63, 3.8) is 0 Å². The summed E-state index contributed by atoms with van der Waals surface area (Å²) in [4.78, 5) is 0. The molecule has 0 saturated heterocycles. The van der Waals surface area contributed by atoms with Gasteiger partial charge in [-0.1, -0.05) is 192 Å². The van der Waals surface area contributed by atoms with E-state index >= 15 is 0 Å². The van der Waals surface area contributed by atoms with E-state index in [4.69, 9.17) is 0 Å². The van der Waals surface area contributed by atoms with E-state index in [9.17, 15) is 0 Å². The van der Waals surface area contributed by atoms with Crippen LogP contribution in [-0.2, 0) is 6.42 Å². The van der Waals surface area contributed by atoms with Gasteiger partial charge in [0.2, 0.25) is 0 Å². The monoisotopic (exact) mass is 499 g/mol. The molecular weight excluding hydrogens is 432 g/mol. The summed E-state index contributed by atoms with van der Waals surface area (Å²) in [5.41, 5.74) is 4.31. The van der Waals surface area contributed by atoms with Crippen molar-refractivity contribution in [2.45, 2.75) is 96.4 Å². The lowest BCUT2D eigenvalue weighted by atomic mass is 9.92. The first-order chi connectivity index (χ1) is 17.4. The SMILES string of the molecule is C=CC=C.C=CC=C.C=Cc1c(C=C)c(=C)c(CC)c(C=C)c1=C.CC.CC.CC.CC.CC.CC. The Labute approximate surface area is 230 Å². The molecule has 210 valence electrons. The lowest BCUT2D eigenvalue weighted by Crippen LogP contribution is -2.24. The second kappa shape index (κ2) is 58.2. The highest BCUT2D eigenvalue weighted by atomic mass is 14.1. The third-order valence-electron chi connectivity index (χ3n) is 3.25. The predicted molar refractivity (Wildman–Crippen MR) is 185 cm³/mol. The summed E-state index contributed by atoms with van der Waals surface area (Å²) < 4.78 is 0. The van der Waals surface area contributed by atoms with Crippen molar-refractivity contribution in [3.8, 4) is 0 Å². The Balaban J connectivity index is -0.0000000543. The molecule has 0 nitrogen and oxygen atoms in total. The molecule has 0 heteroatoms. The maximum Gasteiger partial charge on any atom is -0.0111 e. The van der Waals surface area contributed by atoms with Gasteiger partial charge in [-0.2, -0.15) is 0 Å².